The maximum atomic E-state index is 12.3. The van der Waals surface area contributed by atoms with Gasteiger partial charge < -0.3 is 4.90 Å². The molecule has 2 heteroatoms. The molecule has 2 nitrogen and oxygen atoms in total. The van der Waals surface area contributed by atoms with Gasteiger partial charge >= 0.3 is 0 Å². The van der Waals surface area contributed by atoms with Crippen molar-refractivity contribution < 1.29 is 4.79 Å². The Morgan fingerprint density at radius 3 is 3.05 bits per heavy atom. The third kappa shape index (κ3) is 1.73. The Hall–Kier alpha value is -1.31. The third-order valence-electron chi connectivity index (χ3n) is 5.31. The Balaban J connectivity index is 1.99. The number of allylic oxidation sites excluding steroid dienone is 2. The lowest BCUT2D eigenvalue weighted by Gasteiger charge is -2.49. The van der Waals surface area contributed by atoms with Crippen LogP contribution < -0.4 is 0 Å². The molecule has 2 fully saturated rings. The lowest BCUT2D eigenvalue weighted by molar-refractivity contribution is -0.133. The van der Waals surface area contributed by atoms with Crippen molar-refractivity contribution in [2.45, 2.75) is 44.9 Å². The first kappa shape index (κ1) is 12.7. The summed E-state index contributed by atoms with van der Waals surface area (Å²) in [6.07, 6.45) is 11.6. The molecule has 1 aliphatic heterocycles. The average Bonchev–Trinajstić information content (AvgIpc) is 2.75. The second-order valence-electron chi connectivity index (χ2n) is 6.10. The van der Waals surface area contributed by atoms with E-state index in [2.05, 4.69) is 19.2 Å². The van der Waals surface area contributed by atoms with Gasteiger partial charge in [-0.3, -0.25) is 4.79 Å². The van der Waals surface area contributed by atoms with E-state index in [-0.39, 0.29) is 5.41 Å². The maximum Gasteiger partial charge on any atom is 0.226 e. The van der Waals surface area contributed by atoms with Crippen molar-refractivity contribution in [3.05, 3.63) is 36.6 Å². The average molecular weight is 257 g/mol. The van der Waals surface area contributed by atoms with Crippen LogP contribution in [0.5, 0.6) is 0 Å². The van der Waals surface area contributed by atoms with Crippen LogP contribution in [-0.2, 0) is 4.79 Å². The topological polar surface area (TPSA) is 20.3 Å². The molecule has 0 aromatic carbocycles. The van der Waals surface area contributed by atoms with Crippen LogP contribution in [0, 0.1) is 11.3 Å². The van der Waals surface area contributed by atoms with E-state index >= 15 is 0 Å². The van der Waals surface area contributed by atoms with Gasteiger partial charge in [0.15, 0.2) is 0 Å². The second-order valence-corrected chi connectivity index (χ2v) is 6.10. The number of amides is 1. The number of nitrogens with zero attached hydrogens (tertiary/aromatic N) is 1. The fourth-order valence-corrected chi connectivity index (χ4v) is 4.39. The van der Waals surface area contributed by atoms with Crippen LogP contribution in [0.2, 0.25) is 0 Å². The molecule has 2 aliphatic carbocycles. The molecule has 0 bridgehead atoms. The van der Waals surface area contributed by atoms with Crippen LogP contribution in [0.25, 0.3) is 0 Å². The van der Waals surface area contributed by atoms with Gasteiger partial charge in [-0.2, -0.15) is 0 Å². The number of carbonyl (C=O) groups excluding carboxylic acids is 1. The van der Waals surface area contributed by atoms with Crippen LogP contribution in [0.15, 0.2) is 36.6 Å². The first-order valence-electron chi connectivity index (χ1n) is 7.50. The van der Waals surface area contributed by atoms with Gasteiger partial charge in [0, 0.05) is 24.1 Å². The highest BCUT2D eigenvalue weighted by atomic mass is 16.2. The van der Waals surface area contributed by atoms with E-state index in [0.29, 0.717) is 12.3 Å². The van der Waals surface area contributed by atoms with Crippen LogP contribution >= 0.6 is 0 Å². The summed E-state index contributed by atoms with van der Waals surface area (Å²) in [6.45, 7) is 8.92. The zero-order chi connectivity index (χ0) is 13.5. The van der Waals surface area contributed by atoms with E-state index in [0.717, 1.165) is 38.1 Å². The minimum atomic E-state index is 0.132. The summed E-state index contributed by atoms with van der Waals surface area (Å²) in [5.41, 5.74) is 2.79. The van der Waals surface area contributed by atoms with Gasteiger partial charge in [-0.05, 0) is 44.4 Å². The fraction of sp³-hybridized carbons (Fsp3) is 0.588. The molecule has 0 aromatic rings. The fourth-order valence-electron chi connectivity index (χ4n) is 4.39. The number of rotatable bonds is 3. The van der Waals surface area contributed by atoms with E-state index in [1.807, 2.05) is 11.0 Å². The lowest BCUT2D eigenvalue weighted by Crippen LogP contribution is -2.48. The Morgan fingerprint density at radius 1 is 1.42 bits per heavy atom. The Morgan fingerprint density at radius 2 is 2.26 bits per heavy atom. The van der Waals surface area contributed by atoms with Crippen LogP contribution in [0.3, 0.4) is 0 Å². The molecule has 1 heterocycles. The van der Waals surface area contributed by atoms with E-state index in [4.69, 9.17) is 0 Å². The molecule has 1 saturated heterocycles. The minimum Gasteiger partial charge on any atom is -0.315 e. The van der Waals surface area contributed by atoms with Gasteiger partial charge in [0.05, 0.1) is 0 Å². The quantitative estimate of drug-likeness (QED) is 0.704. The molecule has 0 radical (unpaired) electrons. The van der Waals surface area contributed by atoms with Crippen molar-refractivity contribution in [3.63, 3.8) is 0 Å². The summed E-state index contributed by atoms with van der Waals surface area (Å²) < 4.78 is 0. The Kier molecular flexibility index (Phi) is 3.12. The highest BCUT2D eigenvalue weighted by Crippen LogP contribution is 2.60. The maximum absolute atomic E-state index is 12.3. The van der Waals surface area contributed by atoms with E-state index in [1.165, 1.54) is 24.1 Å². The van der Waals surface area contributed by atoms with Gasteiger partial charge in [0.2, 0.25) is 5.91 Å². The number of piperidine rings is 1. The molecule has 1 saturated carbocycles. The number of hydrogen-bond donors (Lipinski definition) is 0. The Bertz CT molecular complexity index is 462. The SMILES string of the molecule is C=CCCN1C(=O)CC[C@]23C(=C)CC[C@H]2CCC=C13. The molecule has 19 heavy (non-hydrogen) atoms. The highest BCUT2D eigenvalue weighted by Gasteiger charge is 2.53. The third-order valence-corrected chi connectivity index (χ3v) is 5.31. The van der Waals surface area contributed by atoms with Crippen LogP contribution in [0.1, 0.15) is 44.9 Å². The van der Waals surface area contributed by atoms with Gasteiger partial charge in [0.25, 0.3) is 0 Å². The number of carbonyl (C=O) groups is 1. The van der Waals surface area contributed by atoms with Crippen molar-refractivity contribution in [1.82, 2.24) is 4.90 Å². The molecular formula is C17H23NO. The molecule has 2 atom stereocenters. The lowest BCUT2D eigenvalue weighted by atomic mass is 9.63. The molecule has 0 N–H and O–H groups in total. The highest BCUT2D eigenvalue weighted by molar-refractivity contribution is 5.80. The summed E-state index contributed by atoms with van der Waals surface area (Å²) in [5, 5.41) is 0. The molecule has 3 rings (SSSR count). The summed E-state index contributed by atoms with van der Waals surface area (Å²) >= 11 is 0. The van der Waals surface area contributed by atoms with Crippen LogP contribution in [-0.4, -0.2) is 17.4 Å². The van der Waals surface area contributed by atoms with Crippen molar-refractivity contribution in [3.8, 4) is 0 Å². The van der Waals surface area contributed by atoms with Crippen molar-refractivity contribution in [2.75, 3.05) is 6.54 Å². The molecule has 102 valence electrons. The summed E-state index contributed by atoms with van der Waals surface area (Å²) in [7, 11) is 0. The van der Waals surface area contributed by atoms with Crippen molar-refractivity contribution >= 4 is 5.91 Å². The number of likely N-dealkylation sites (tertiary alicyclic amines) is 1. The number of hydrogen-bond acceptors (Lipinski definition) is 1. The molecular weight excluding hydrogens is 234 g/mol. The molecule has 0 aromatic heterocycles. The second kappa shape index (κ2) is 4.66. The predicted octanol–water partition coefficient (Wildman–Crippen LogP) is 3.82. The molecule has 3 aliphatic rings. The van der Waals surface area contributed by atoms with Crippen molar-refractivity contribution in [1.29, 1.82) is 0 Å². The van der Waals surface area contributed by atoms with Crippen LogP contribution in [0.4, 0.5) is 0 Å². The zero-order valence-electron chi connectivity index (χ0n) is 11.7. The normalized spacial score (nSPS) is 33.8. The Labute approximate surface area is 115 Å². The van der Waals surface area contributed by atoms with Gasteiger partial charge in [-0.1, -0.05) is 24.3 Å². The van der Waals surface area contributed by atoms with E-state index in [9.17, 15) is 4.79 Å². The van der Waals surface area contributed by atoms with Gasteiger partial charge in [-0.15, -0.1) is 6.58 Å². The van der Waals surface area contributed by atoms with E-state index in [1.54, 1.807) is 0 Å². The first-order valence-corrected chi connectivity index (χ1v) is 7.50. The largest absolute Gasteiger partial charge is 0.315 e. The molecule has 1 amide bonds. The van der Waals surface area contributed by atoms with E-state index < -0.39 is 0 Å². The monoisotopic (exact) mass is 257 g/mol. The summed E-state index contributed by atoms with van der Waals surface area (Å²) in [5.74, 6) is 1.01. The standard InChI is InChI=1S/C17H23NO/c1-3-4-12-18-15-7-5-6-14-9-8-13(2)17(14,15)11-10-16(18)19/h3,7,14H,1-2,4-6,8-12H2/t14-,17+/m1/s1. The summed E-state index contributed by atoms with van der Waals surface area (Å²) in [6, 6.07) is 0. The smallest absolute Gasteiger partial charge is 0.226 e. The predicted molar refractivity (Wildman–Crippen MR) is 77.4 cm³/mol. The summed E-state index contributed by atoms with van der Waals surface area (Å²) in [4.78, 5) is 14.3. The minimum absolute atomic E-state index is 0.132. The van der Waals surface area contributed by atoms with Gasteiger partial charge in [0.1, 0.15) is 0 Å². The first-order chi connectivity index (χ1) is 9.20. The molecule has 0 unspecified atom stereocenters. The zero-order valence-corrected chi connectivity index (χ0v) is 11.7. The van der Waals surface area contributed by atoms with Crippen molar-refractivity contribution in [2.24, 2.45) is 11.3 Å². The molecule has 1 spiro atoms. The van der Waals surface area contributed by atoms with Gasteiger partial charge in [-0.25, -0.2) is 0 Å².